The molecule has 0 bridgehead atoms. The molecule has 2 aliphatic rings. The van der Waals surface area contributed by atoms with Gasteiger partial charge in [0.25, 0.3) is 0 Å². The molecule has 1 saturated carbocycles. The number of hydrogen-bond donors (Lipinski definition) is 2. The maximum Gasteiger partial charge on any atom is 0.243 e. The summed E-state index contributed by atoms with van der Waals surface area (Å²) in [6.45, 7) is 2.71. The minimum Gasteiger partial charge on any atom is -0.355 e. The first-order valence-corrected chi connectivity index (χ1v) is 12.1. The molecule has 8 nitrogen and oxygen atoms in total. The minimum atomic E-state index is -3.87. The molecule has 0 spiro atoms. The van der Waals surface area contributed by atoms with Crippen LogP contribution in [0.15, 0.2) is 34.1 Å². The Hall–Kier alpha value is -1.49. The van der Waals surface area contributed by atoms with Gasteiger partial charge in [-0.3, -0.25) is 4.79 Å². The Kier molecular flexibility index (Phi) is 5.90. The zero-order valence-corrected chi connectivity index (χ0v) is 16.9. The lowest BCUT2D eigenvalue weighted by molar-refractivity contribution is -0.124. The van der Waals surface area contributed by atoms with E-state index in [0.29, 0.717) is 19.4 Å². The Morgan fingerprint density at radius 2 is 1.70 bits per heavy atom. The quantitative estimate of drug-likeness (QED) is 0.652. The van der Waals surface area contributed by atoms with E-state index < -0.39 is 26.1 Å². The molecule has 1 aromatic carbocycles. The van der Waals surface area contributed by atoms with E-state index in [1.165, 1.54) is 28.6 Å². The Morgan fingerprint density at radius 1 is 1.07 bits per heavy atom. The van der Waals surface area contributed by atoms with Crippen molar-refractivity contribution in [2.24, 2.45) is 0 Å². The second-order valence-corrected chi connectivity index (χ2v) is 10.5. The fourth-order valence-electron chi connectivity index (χ4n) is 3.07. The van der Waals surface area contributed by atoms with E-state index in [1.54, 1.807) is 0 Å². The van der Waals surface area contributed by atoms with Crippen LogP contribution in [0.25, 0.3) is 0 Å². The average molecular weight is 416 g/mol. The predicted molar refractivity (Wildman–Crippen MR) is 100 cm³/mol. The first-order valence-electron chi connectivity index (χ1n) is 9.17. The largest absolute Gasteiger partial charge is 0.355 e. The van der Waals surface area contributed by atoms with Crippen LogP contribution in [0.3, 0.4) is 0 Å². The molecule has 1 aliphatic heterocycles. The maximum atomic E-state index is 13.0. The number of carbonyl (C=O) groups is 1. The predicted octanol–water partition coefficient (Wildman–Crippen LogP) is 0.807. The third-order valence-corrected chi connectivity index (χ3v) is 8.15. The number of rotatable bonds is 8. The summed E-state index contributed by atoms with van der Waals surface area (Å²) in [6.07, 6.45) is 3.51. The van der Waals surface area contributed by atoms with Crippen molar-refractivity contribution >= 4 is 26.0 Å². The Bertz CT molecular complexity index is 893. The van der Waals surface area contributed by atoms with Crippen LogP contribution < -0.4 is 10.0 Å². The smallest absolute Gasteiger partial charge is 0.243 e. The molecule has 3 rings (SSSR count). The van der Waals surface area contributed by atoms with Crippen molar-refractivity contribution in [1.82, 2.24) is 14.3 Å². The number of benzene rings is 1. The fraction of sp³-hybridized carbons (Fsp3) is 0.588. The second-order valence-electron chi connectivity index (χ2n) is 6.93. The summed E-state index contributed by atoms with van der Waals surface area (Å²) >= 11 is 0. The van der Waals surface area contributed by atoms with Crippen LogP contribution in [0.1, 0.15) is 39.0 Å². The summed E-state index contributed by atoms with van der Waals surface area (Å²) in [5, 5.41) is 2.75. The van der Waals surface area contributed by atoms with Crippen LogP contribution >= 0.6 is 0 Å². The van der Waals surface area contributed by atoms with Gasteiger partial charge in [-0.2, -0.15) is 4.31 Å². The molecule has 1 aliphatic carbocycles. The Balaban J connectivity index is 1.78. The van der Waals surface area contributed by atoms with E-state index in [1.807, 2.05) is 6.92 Å². The van der Waals surface area contributed by atoms with Gasteiger partial charge in [-0.25, -0.2) is 21.6 Å². The number of nitrogens with one attached hydrogen (secondary N) is 2. The van der Waals surface area contributed by atoms with Crippen molar-refractivity contribution < 1.29 is 21.6 Å². The van der Waals surface area contributed by atoms with Gasteiger partial charge in [-0.1, -0.05) is 6.92 Å². The van der Waals surface area contributed by atoms with E-state index in [-0.39, 0.29) is 28.3 Å². The lowest BCUT2D eigenvalue weighted by Crippen LogP contribution is -2.46. The standard InChI is InChI=1S/C17H25N3O5S2/c1-2-11-18-17(21)16-4-3-12-20(16)27(24,25)15-9-7-14(8-10-15)26(22,23)19-13-5-6-13/h7-10,13,16,19H,2-6,11-12H2,1H3,(H,18,21)/t16-/m1/s1. The van der Waals surface area contributed by atoms with Crippen molar-refractivity contribution in [3.8, 4) is 0 Å². The van der Waals surface area contributed by atoms with E-state index in [9.17, 15) is 21.6 Å². The molecule has 1 saturated heterocycles. The SMILES string of the molecule is CCCNC(=O)[C@H]1CCCN1S(=O)(=O)c1ccc(S(=O)(=O)NC2CC2)cc1. The van der Waals surface area contributed by atoms with E-state index >= 15 is 0 Å². The molecule has 150 valence electrons. The lowest BCUT2D eigenvalue weighted by Gasteiger charge is -2.23. The summed E-state index contributed by atoms with van der Waals surface area (Å²) in [5.74, 6) is -0.286. The average Bonchev–Trinajstić information content (AvgIpc) is 3.29. The fourth-order valence-corrected chi connectivity index (χ4v) is 6.03. The van der Waals surface area contributed by atoms with Crippen molar-refractivity contribution in [1.29, 1.82) is 0 Å². The van der Waals surface area contributed by atoms with Crippen LogP contribution in [0.4, 0.5) is 0 Å². The van der Waals surface area contributed by atoms with Crippen LogP contribution in [0.5, 0.6) is 0 Å². The Morgan fingerprint density at radius 3 is 2.30 bits per heavy atom. The number of amides is 1. The van der Waals surface area contributed by atoms with Crippen LogP contribution in [-0.4, -0.2) is 52.2 Å². The van der Waals surface area contributed by atoms with Gasteiger partial charge >= 0.3 is 0 Å². The third-order valence-electron chi connectivity index (χ3n) is 4.70. The molecule has 27 heavy (non-hydrogen) atoms. The van der Waals surface area contributed by atoms with Gasteiger partial charge in [0.2, 0.25) is 26.0 Å². The van der Waals surface area contributed by atoms with Crippen LogP contribution in [-0.2, 0) is 24.8 Å². The zero-order valence-electron chi connectivity index (χ0n) is 15.2. The molecule has 2 N–H and O–H groups in total. The lowest BCUT2D eigenvalue weighted by atomic mass is 10.2. The number of hydrogen-bond acceptors (Lipinski definition) is 5. The zero-order chi connectivity index (χ0) is 19.7. The summed E-state index contributed by atoms with van der Waals surface area (Å²) in [7, 11) is -7.51. The first kappa shape index (κ1) is 20.2. The van der Waals surface area contributed by atoms with Gasteiger partial charge in [0, 0.05) is 19.1 Å². The molecule has 0 aromatic heterocycles. The van der Waals surface area contributed by atoms with Crippen molar-refractivity contribution in [3.63, 3.8) is 0 Å². The highest BCUT2D eigenvalue weighted by atomic mass is 32.2. The van der Waals surface area contributed by atoms with Crippen LogP contribution in [0, 0.1) is 0 Å². The molecular weight excluding hydrogens is 390 g/mol. The molecule has 10 heteroatoms. The van der Waals surface area contributed by atoms with Crippen LogP contribution in [0.2, 0.25) is 0 Å². The van der Waals surface area contributed by atoms with Crippen molar-refractivity contribution in [2.75, 3.05) is 13.1 Å². The third kappa shape index (κ3) is 4.50. The van der Waals surface area contributed by atoms with E-state index in [2.05, 4.69) is 10.0 Å². The van der Waals surface area contributed by atoms with Crippen molar-refractivity contribution in [3.05, 3.63) is 24.3 Å². The molecule has 0 unspecified atom stereocenters. The van der Waals surface area contributed by atoms with Gasteiger partial charge in [0.1, 0.15) is 6.04 Å². The monoisotopic (exact) mass is 415 g/mol. The molecule has 1 atom stereocenters. The van der Waals surface area contributed by atoms with Gasteiger partial charge in [-0.05, 0) is 56.4 Å². The van der Waals surface area contributed by atoms with Gasteiger partial charge in [0.15, 0.2) is 0 Å². The molecule has 2 fully saturated rings. The normalized spacial score (nSPS) is 21.3. The second kappa shape index (κ2) is 7.86. The van der Waals surface area contributed by atoms with E-state index in [4.69, 9.17) is 0 Å². The van der Waals surface area contributed by atoms with Gasteiger partial charge in [-0.15, -0.1) is 0 Å². The number of carbonyl (C=O) groups excluding carboxylic acids is 1. The highest BCUT2D eigenvalue weighted by Crippen LogP contribution is 2.27. The molecular formula is C17H25N3O5S2. The topological polar surface area (TPSA) is 113 Å². The summed E-state index contributed by atoms with van der Waals surface area (Å²) in [5.41, 5.74) is 0. The van der Waals surface area contributed by atoms with E-state index in [0.717, 1.165) is 19.3 Å². The number of nitrogens with zero attached hydrogens (tertiary/aromatic N) is 1. The van der Waals surface area contributed by atoms with Gasteiger partial charge < -0.3 is 5.32 Å². The summed E-state index contributed by atoms with van der Waals surface area (Å²) in [4.78, 5) is 12.3. The minimum absolute atomic E-state index is 0.0111. The number of sulfonamides is 2. The highest BCUT2D eigenvalue weighted by molar-refractivity contribution is 7.89. The Labute approximate surface area is 160 Å². The highest BCUT2D eigenvalue weighted by Gasteiger charge is 2.39. The molecule has 1 heterocycles. The molecule has 1 aromatic rings. The molecule has 1 amide bonds. The van der Waals surface area contributed by atoms with Gasteiger partial charge in [0.05, 0.1) is 9.79 Å². The molecule has 0 radical (unpaired) electrons. The van der Waals surface area contributed by atoms with Crippen molar-refractivity contribution in [2.45, 2.75) is 60.9 Å². The summed E-state index contributed by atoms with van der Waals surface area (Å²) < 4.78 is 54.1. The maximum absolute atomic E-state index is 13.0. The first-order chi connectivity index (χ1) is 12.8. The summed E-state index contributed by atoms with van der Waals surface area (Å²) in [6, 6.07) is 4.42.